The maximum absolute atomic E-state index is 8.80. The third-order valence-corrected chi connectivity index (χ3v) is 4.45. The highest BCUT2D eigenvalue weighted by Gasteiger charge is 2.06. The van der Waals surface area contributed by atoms with Crippen molar-refractivity contribution in [1.82, 2.24) is 5.32 Å². The van der Waals surface area contributed by atoms with E-state index < -0.39 is 0 Å². The van der Waals surface area contributed by atoms with E-state index in [1.165, 1.54) is 39.9 Å². The number of fused-ring (bicyclic) bond motifs is 2. The summed E-state index contributed by atoms with van der Waals surface area (Å²) < 4.78 is 0. The van der Waals surface area contributed by atoms with Gasteiger partial charge >= 0.3 is 0 Å². The van der Waals surface area contributed by atoms with Crippen LogP contribution in [0.2, 0.25) is 0 Å². The molecule has 0 saturated heterocycles. The first-order chi connectivity index (χ1) is 11.4. The van der Waals surface area contributed by atoms with Crippen molar-refractivity contribution in [3.05, 3.63) is 60.2 Å². The Labute approximate surface area is 138 Å². The van der Waals surface area contributed by atoms with Gasteiger partial charge in [0, 0.05) is 13.2 Å². The lowest BCUT2D eigenvalue weighted by Crippen LogP contribution is -2.15. The smallest absolute Gasteiger partial charge is 0.0431 e. The molecule has 3 aromatic rings. The van der Waals surface area contributed by atoms with Crippen molar-refractivity contribution in [1.29, 1.82) is 0 Å². The van der Waals surface area contributed by atoms with Gasteiger partial charge in [-0.1, -0.05) is 61.4 Å². The summed E-state index contributed by atoms with van der Waals surface area (Å²) >= 11 is 0. The Morgan fingerprint density at radius 3 is 2.00 bits per heavy atom. The Bertz CT molecular complexity index is 712. The molecule has 2 heteroatoms. The standard InChI is InChI=1S/C21H25NO/c23-14-8-2-1-7-13-22-16-21-19-11-5-3-9-17(19)15-18-10-4-6-12-20(18)21/h3-6,9-12,15,22-23H,1-2,7-8,13-14,16H2. The molecule has 2 N–H and O–H groups in total. The molecule has 0 bridgehead atoms. The minimum atomic E-state index is 0.315. The number of unbranched alkanes of at least 4 members (excludes halogenated alkanes) is 3. The van der Waals surface area contributed by atoms with Gasteiger partial charge < -0.3 is 10.4 Å². The second kappa shape index (κ2) is 8.09. The van der Waals surface area contributed by atoms with Crippen molar-refractivity contribution in [3.63, 3.8) is 0 Å². The molecule has 0 radical (unpaired) electrons. The van der Waals surface area contributed by atoms with Gasteiger partial charge in [0.2, 0.25) is 0 Å². The largest absolute Gasteiger partial charge is 0.396 e. The van der Waals surface area contributed by atoms with Gasteiger partial charge in [-0.25, -0.2) is 0 Å². The maximum Gasteiger partial charge on any atom is 0.0431 e. The van der Waals surface area contributed by atoms with E-state index >= 15 is 0 Å². The molecule has 2 nitrogen and oxygen atoms in total. The Morgan fingerprint density at radius 2 is 1.35 bits per heavy atom. The van der Waals surface area contributed by atoms with E-state index in [0.717, 1.165) is 25.9 Å². The average molecular weight is 307 g/mol. The van der Waals surface area contributed by atoms with Gasteiger partial charge in [-0.05, 0) is 52.6 Å². The topological polar surface area (TPSA) is 32.3 Å². The number of aliphatic hydroxyl groups is 1. The fraction of sp³-hybridized carbons (Fsp3) is 0.333. The van der Waals surface area contributed by atoms with Crippen LogP contribution in [0.1, 0.15) is 31.2 Å². The summed E-state index contributed by atoms with van der Waals surface area (Å²) in [6, 6.07) is 19.6. The average Bonchev–Trinajstić information content (AvgIpc) is 2.60. The van der Waals surface area contributed by atoms with Crippen LogP contribution in [0.3, 0.4) is 0 Å². The molecule has 0 aliphatic rings. The second-order valence-corrected chi connectivity index (χ2v) is 6.11. The van der Waals surface area contributed by atoms with E-state index in [-0.39, 0.29) is 0 Å². The summed E-state index contributed by atoms with van der Waals surface area (Å²) in [7, 11) is 0. The molecule has 3 aromatic carbocycles. The molecule has 3 rings (SSSR count). The number of hydrogen-bond acceptors (Lipinski definition) is 2. The molecule has 0 aromatic heterocycles. The van der Waals surface area contributed by atoms with E-state index in [2.05, 4.69) is 59.9 Å². The monoisotopic (exact) mass is 307 g/mol. The first-order valence-corrected chi connectivity index (χ1v) is 8.61. The van der Waals surface area contributed by atoms with Crippen LogP contribution >= 0.6 is 0 Å². The number of nitrogens with one attached hydrogen (secondary N) is 1. The fourth-order valence-electron chi connectivity index (χ4n) is 3.23. The van der Waals surface area contributed by atoms with Crippen LogP contribution < -0.4 is 5.32 Å². The third kappa shape index (κ3) is 3.90. The highest BCUT2D eigenvalue weighted by atomic mass is 16.2. The molecule has 0 atom stereocenters. The normalized spacial score (nSPS) is 11.3. The molecule has 0 fully saturated rings. The molecule has 0 heterocycles. The molecule has 0 spiro atoms. The van der Waals surface area contributed by atoms with Crippen LogP contribution in [0.4, 0.5) is 0 Å². The lowest BCUT2D eigenvalue weighted by Gasteiger charge is -2.12. The van der Waals surface area contributed by atoms with Crippen LogP contribution in [-0.4, -0.2) is 18.3 Å². The first-order valence-electron chi connectivity index (χ1n) is 8.61. The Morgan fingerprint density at radius 1 is 0.739 bits per heavy atom. The Kier molecular flexibility index (Phi) is 5.62. The molecule has 0 unspecified atom stereocenters. The zero-order valence-corrected chi connectivity index (χ0v) is 13.6. The number of benzene rings is 3. The van der Waals surface area contributed by atoms with E-state index in [4.69, 9.17) is 5.11 Å². The summed E-state index contributed by atoms with van der Waals surface area (Å²) in [5, 5.41) is 17.7. The summed E-state index contributed by atoms with van der Waals surface area (Å²) in [5.41, 5.74) is 1.40. The lowest BCUT2D eigenvalue weighted by atomic mass is 9.97. The first kappa shape index (κ1) is 16.0. The predicted molar refractivity (Wildman–Crippen MR) is 98.7 cm³/mol. The van der Waals surface area contributed by atoms with Gasteiger partial charge in [-0.15, -0.1) is 0 Å². The highest BCUT2D eigenvalue weighted by molar-refractivity contribution is 6.02. The van der Waals surface area contributed by atoms with Crippen LogP contribution in [0.5, 0.6) is 0 Å². The fourth-order valence-corrected chi connectivity index (χ4v) is 3.23. The molecule has 0 amide bonds. The minimum Gasteiger partial charge on any atom is -0.396 e. The van der Waals surface area contributed by atoms with Crippen LogP contribution in [-0.2, 0) is 6.54 Å². The van der Waals surface area contributed by atoms with Gasteiger partial charge in [0.05, 0.1) is 0 Å². The van der Waals surface area contributed by atoms with Gasteiger partial charge in [0.15, 0.2) is 0 Å². The summed E-state index contributed by atoms with van der Waals surface area (Å²) in [5.74, 6) is 0. The van der Waals surface area contributed by atoms with Gasteiger partial charge in [0.1, 0.15) is 0 Å². The van der Waals surface area contributed by atoms with Crippen molar-refractivity contribution >= 4 is 21.5 Å². The Balaban J connectivity index is 1.75. The van der Waals surface area contributed by atoms with Crippen molar-refractivity contribution in [2.75, 3.05) is 13.2 Å². The lowest BCUT2D eigenvalue weighted by molar-refractivity contribution is 0.282. The summed E-state index contributed by atoms with van der Waals surface area (Å²) in [6.07, 6.45) is 4.40. The zero-order valence-electron chi connectivity index (χ0n) is 13.6. The van der Waals surface area contributed by atoms with E-state index in [1.54, 1.807) is 0 Å². The SMILES string of the molecule is OCCCCCCNCc1c2ccccc2cc2ccccc12. The summed E-state index contributed by atoms with van der Waals surface area (Å²) in [6.45, 7) is 2.25. The summed E-state index contributed by atoms with van der Waals surface area (Å²) in [4.78, 5) is 0. The third-order valence-electron chi connectivity index (χ3n) is 4.45. The molecule has 0 aliphatic heterocycles. The van der Waals surface area contributed by atoms with E-state index in [0.29, 0.717) is 6.61 Å². The molecular weight excluding hydrogens is 282 g/mol. The molecule has 23 heavy (non-hydrogen) atoms. The van der Waals surface area contributed by atoms with Crippen LogP contribution in [0.15, 0.2) is 54.6 Å². The van der Waals surface area contributed by atoms with Crippen LogP contribution in [0, 0.1) is 0 Å². The van der Waals surface area contributed by atoms with Crippen LogP contribution in [0.25, 0.3) is 21.5 Å². The van der Waals surface area contributed by atoms with Crippen molar-refractivity contribution in [2.24, 2.45) is 0 Å². The van der Waals surface area contributed by atoms with Crippen molar-refractivity contribution < 1.29 is 5.11 Å². The zero-order chi connectivity index (χ0) is 15.9. The molecule has 0 saturated carbocycles. The minimum absolute atomic E-state index is 0.315. The van der Waals surface area contributed by atoms with Gasteiger partial charge in [-0.2, -0.15) is 0 Å². The van der Waals surface area contributed by atoms with E-state index in [1.807, 2.05) is 0 Å². The van der Waals surface area contributed by atoms with Gasteiger partial charge in [0.25, 0.3) is 0 Å². The number of aliphatic hydroxyl groups excluding tert-OH is 1. The van der Waals surface area contributed by atoms with Crippen molar-refractivity contribution in [2.45, 2.75) is 32.2 Å². The number of hydrogen-bond donors (Lipinski definition) is 2. The van der Waals surface area contributed by atoms with E-state index in [9.17, 15) is 0 Å². The van der Waals surface area contributed by atoms with Gasteiger partial charge in [-0.3, -0.25) is 0 Å². The highest BCUT2D eigenvalue weighted by Crippen LogP contribution is 2.28. The molecule has 0 aliphatic carbocycles. The second-order valence-electron chi connectivity index (χ2n) is 6.11. The quantitative estimate of drug-likeness (QED) is 0.469. The molecular formula is C21H25NO. The number of rotatable bonds is 8. The van der Waals surface area contributed by atoms with Crippen molar-refractivity contribution in [3.8, 4) is 0 Å². The predicted octanol–water partition coefficient (Wildman–Crippen LogP) is 4.64. The molecule has 120 valence electrons. The Hall–Kier alpha value is -1.90. The maximum atomic E-state index is 8.80.